The maximum atomic E-state index is 9.68. The molecule has 5 heteroatoms. The Bertz CT molecular complexity index is 87.7. The van der Waals surface area contributed by atoms with Gasteiger partial charge in [0.1, 0.15) is 12.4 Å². The van der Waals surface area contributed by atoms with Crippen molar-refractivity contribution in [2.45, 2.75) is 18.6 Å². The van der Waals surface area contributed by atoms with E-state index in [1.165, 1.54) is 0 Å². The van der Waals surface area contributed by atoms with E-state index in [0.717, 1.165) is 0 Å². The molecule has 0 unspecified atom stereocenters. The molecule has 0 spiro atoms. The molecular formula is C5H11ClO4. The van der Waals surface area contributed by atoms with Crippen LogP contribution in [0.1, 0.15) is 6.42 Å². The molecule has 0 aliphatic rings. The molecule has 0 amide bonds. The van der Waals surface area contributed by atoms with Crippen LogP contribution < -0.4 is 0 Å². The van der Waals surface area contributed by atoms with Gasteiger partial charge in [0, 0.05) is 6.42 Å². The van der Waals surface area contributed by atoms with Gasteiger partial charge in [-0.05, 0) is 0 Å². The number of carbonyl (C=O) groups excluding carboxylic acids is 1. The molecule has 3 N–H and O–H groups in total. The molecule has 62 valence electrons. The summed E-state index contributed by atoms with van der Waals surface area (Å²) in [6.07, 6.45) is -1.98. The maximum absolute atomic E-state index is 9.68. The van der Waals surface area contributed by atoms with E-state index in [-0.39, 0.29) is 18.8 Å². The van der Waals surface area contributed by atoms with Crippen LogP contribution in [0.15, 0.2) is 0 Å². The summed E-state index contributed by atoms with van der Waals surface area (Å²) < 4.78 is 0. The standard InChI is InChI=1S/C5H10O4.ClH/c6-2-1-4(8)5(9)3-7;/h2,4-5,7-9H,1,3H2;1H/t4-,5+;/m0./s1. The van der Waals surface area contributed by atoms with Crippen molar-refractivity contribution in [3.8, 4) is 0 Å². The van der Waals surface area contributed by atoms with E-state index < -0.39 is 18.8 Å². The fourth-order valence-electron chi connectivity index (χ4n) is 0.377. The highest BCUT2D eigenvalue weighted by molar-refractivity contribution is 5.85. The molecule has 0 saturated carbocycles. The topological polar surface area (TPSA) is 77.8 Å². The SMILES string of the molecule is Cl.O=CC[C@H](O)[C@H](O)CO. The van der Waals surface area contributed by atoms with Crippen LogP contribution in [0.5, 0.6) is 0 Å². The zero-order valence-electron chi connectivity index (χ0n) is 5.30. The summed E-state index contributed by atoms with van der Waals surface area (Å²) in [6.45, 7) is -0.519. The summed E-state index contributed by atoms with van der Waals surface area (Å²) in [4.78, 5) is 9.68. The smallest absolute Gasteiger partial charge is 0.122 e. The first-order valence-electron chi connectivity index (χ1n) is 2.63. The fourth-order valence-corrected chi connectivity index (χ4v) is 0.377. The molecule has 0 fully saturated rings. The minimum atomic E-state index is -1.20. The van der Waals surface area contributed by atoms with Crippen LogP contribution in [-0.4, -0.2) is 40.4 Å². The number of rotatable bonds is 4. The van der Waals surface area contributed by atoms with Gasteiger partial charge in [-0.25, -0.2) is 0 Å². The molecule has 0 aliphatic carbocycles. The fraction of sp³-hybridized carbons (Fsp3) is 0.800. The maximum Gasteiger partial charge on any atom is 0.122 e. The summed E-state index contributed by atoms with van der Waals surface area (Å²) in [7, 11) is 0. The summed E-state index contributed by atoms with van der Waals surface area (Å²) in [5.74, 6) is 0. The van der Waals surface area contributed by atoms with Crippen LogP contribution in [0.4, 0.5) is 0 Å². The third-order valence-corrected chi connectivity index (χ3v) is 0.969. The minimum Gasteiger partial charge on any atom is -0.394 e. The molecule has 10 heavy (non-hydrogen) atoms. The Hall–Kier alpha value is -0.160. The highest BCUT2D eigenvalue weighted by atomic mass is 35.5. The van der Waals surface area contributed by atoms with Crippen LogP contribution in [0.3, 0.4) is 0 Å². The molecule has 0 aliphatic heterocycles. The lowest BCUT2D eigenvalue weighted by atomic mass is 10.2. The van der Waals surface area contributed by atoms with E-state index >= 15 is 0 Å². The first-order valence-corrected chi connectivity index (χ1v) is 2.63. The third kappa shape index (κ3) is 4.69. The zero-order chi connectivity index (χ0) is 7.28. The highest BCUT2D eigenvalue weighted by Crippen LogP contribution is 1.94. The lowest BCUT2D eigenvalue weighted by Crippen LogP contribution is -2.29. The molecular weight excluding hydrogens is 160 g/mol. The number of aliphatic hydroxyl groups excluding tert-OH is 3. The molecule has 0 radical (unpaired) electrons. The average molecular weight is 171 g/mol. The van der Waals surface area contributed by atoms with Crippen LogP contribution in [-0.2, 0) is 4.79 Å². The number of hydrogen-bond acceptors (Lipinski definition) is 4. The number of hydrogen-bond donors (Lipinski definition) is 3. The van der Waals surface area contributed by atoms with Gasteiger partial charge >= 0.3 is 0 Å². The molecule has 0 aromatic heterocycles. The minimum absolute atomic E-state index is 0. The van der Waals surface area contributed by atoms with Gasteiger partial charge in [-0.2, -0.15) is 0 Å². The largest absolute Gasteiger partial charge is 0.394 e. The van der Waals surface area contributed by atoms with Crippen molar-refractivity contribution in [3.05, 3.63) is 0 Å². The molecule has 0 rings (SSSR count). The molecule has 0 heterocycles. The van der Waals surface area contributed by atoms with Crippen LogP contribution >= 0.6 is 12.4 Å². The summed E-state index contributed by atoms with van der Waals surface area (Å²) in [6, 6.07) is 0. The lowest BCUT2D eigenvalue weighted by molar-refractivity contribution is -0.111. The Labute approximate surface area is 64.9 Å². The molecule has 2 atom stereocenters. The van der Waals surface area contributed by atoms with Crippen molar-refractivity contribution in [1.82, 2.24) is 0 Å². The molecule has 0 saturated heterocycles. The van der Waals surface area contributed by atoms with Gasteiger partial charge in [0.25, 0.3) is 0 Å². The lowest BCUT2D eigenvalue weighted by Gasteiger charge is -2.11. The summed E-state index contributed by atoms with van der Waals surface area (Å²) >= 11 is 0. The predicted molar refractivity (Wildman–Crippen MR) is 37.0 cm³/mol. The molecule has 0 aromatic carbocycles. The number of aldehydes is 1. The van der Waals surface area contributed by atoms with Crippen LogP contribution in [0.25, 0.3) is 0 Å². The first-order chi connectivity index (χ1) is 4.22. The van der Waals surface area contributed by atoms with Gasteiger partial charge in [0.15, 0.2) is 0 Å². The van der Waals surface area contributed by atoms with Crippen molar-refractivity contribution in [3.63, 3.8) is 0 Å². The van der Waals surface area contributed by atoms with Gasteiger partial charge in [-0.1, -0.05) is 0 Å². The van der Waals surface area contributed by atoms with Gasteiger partial charge in [0.2, 0.25) is 0 Å². The second kappa shape index (κ2) is 6.95. The van der Waals surface area contributed by atoms with E-state index in [2.05, 4.69) is 0 Å². The monoisotopic (exact) mass is 170 g/mol. The first kappa shape index (κ1) is 12.5. The normalized spacial score (nSPS) is 15.1. The Kier molecular flexibility index (Phi) is 8.70. The van der Waals surface area contributed by atoms with E-state index in [1.54, 1.807) is 0 Å². The van der Waals surface area contributed by atoms with Crippen molar-refractivity contribution >= 4 is 18.7 Å². The third-order valence-electron chi connectivity index (χ3n) is 0.969. The van der Waals surface area contributed by atoms with Gasteiger partial charge in [-0.15, -0.1) is 12.4 Å². The van der Waals surface area contributed by atoms with Crippen molar-refractivity contribution < 1.29 is 20.1 Å². The average Bonchev–Trinajstić information content (AvgIpc) is 1.87. The quantitative estimate of drug-likeness (QED) is 0.459. The predicted octanol–water partition coefficient (Wildman–Crippen LogP) is -1.29. The van der Waals surface area contributed by atoms with E-state index in [1.807, 2.05) is 0 Å². The van der Waals surface area contributed by atoms with Crippen LogP contribution in [0.2, 0.25) is 0 Å². The number of halogens is 1. The van der Waals surface area contributed by atoms with Crippen LogP contribution in [0, 0.1) is 0 Å². The van der Waals surface area contributed by atoms with Crippen molar-refractivity contribution in [2.75, 3.05) is 6.61 Å². The zero-order valence-corrected chi connectivity index (χ0v) is 6.12. The van der Waals surface area contributed by atoms with Crippen molar-refractivity contribution in [1.29, 1.82) is 0 Å². The second-order valence-corrected chi connectivity index (χ2v) is 1.72. The number of carbonyl (C=O) groups is 1. The molecule has 4 nitrogen and oxygen atoms in total. The molecule has 0 bridgehead atoms. The summed E-state index contributed by atoms with van der Waals surface area (Å²) in [5.41, 5.74) is 0. The Morgan fingerprint density at radius 3 is 2.10 bits per heavy atom. The second-order valence-electron chi connectivity index (χ2n) is 1.72. The van der Waals surface area contributed by atoms with Gasteiger partial charge in [0.05, 0.1) is 12.7 Å². The van der Waals surface area contributed by atoms with E-state index in [4.69, 9.17) is 15.3 Å². The summed E-state index contributed by atoms with van der Waals surface area (Å²) in [5, 5.41) is 25.5. The Morgan fingerprint density at radius 2 is 1.80 bits per heavy atom. The van der Waals surface area contributed by atoms with E-state index in [0.29, 0.717) is 6.29 Å². The van der Waals surface area contributed by atoms with Gasteiger partial charge in [-0.3, -0.25) is 0 Å². The Balaban J connectivity index is 0. The Morgan fingerprint density at radius 1 is 1.30 bits per heavy atom. The van der Waals surface area contributed by atoms with E-state index in [9.17, 15) is 4.79 Å². The highest BCUT2D eigenvalue weighted by Gasteiger charge is 2.13. The molecule has 0 aromatic rings. The van der Waals surface area contributed by atoms with Crippen molar-refractivity contribution in [2.24, 2.45) is 0 Å². The number of aliphatic hydroxyl groups is 3. The van der Waals surface area contributed by atoms with Gasteiger partial charge < -0.3 is 20.1 Å².